The monoisotopic (exact) mass is 316 g/mol. The van der Waals surface area contributed by atoms with E-state index in [1.807, 2.05) is 0 Å². The molecule has 2 fully saturated rings. The molecule has 3 rings (SSSR count). The van der Waals surface area contributed by atoms with E-state index in [1.165, 1.54) is 0 Å². The summed E-state index contributed by atoms with van der Waals surface area (Å²) in [4.78, 5) is -0.360. The molecule has 21 heavy (non-hydrogen) atoms. The Labute approximate surface area is 123 Å². The van der Waals surface area contributed by atoms with E-state index in [2.05, 4.69) is 10.0 Å². The van der Waals surface area contributed by atoms with Crippen molar-refractivity contribution in [3.8, 4) is 0 Å². The normalized spacial score (nSPS) is 24.8. The van der Waals surface area contributed by atoms with Gasteiger partial charge in [-0.15, -0.1) is 0 Å². The molecule has 7 heteroatoms. The van der Waals surface area contributed by atoms with E-state index < -0.39 is 21.7 Å². The highest BCUT2D eigenvalue weighted by atomic mass is 32.2. The Balaban J connectivity index is 1.76. The molecule has 116 valence electrons. The number of piperidine rings is 1. The zero-order valence-electron chi connectivity index (χ0n) is 11.5. The molecule has 1 aromatic rings. The van der Waals surface area contributed by atoms with Gasteiger partial charge in [-0.3, -0.25) is 0 Å². The summed E-state index contributed by atoms with van der Waals surface area (Å²) in [6.45, 7) is 0.755. The second kappa shape index (κ2) is 5.30. The largest absolute Gasteiger partial charge is 0.311 e. The molecule has 1 spiro atoms. The number of hydrogen-bond donors (Lipinski definition) is 2. The van der Waals surface area contributed by atoms with Crippen LogP contribution in [0.25, 0.3) is 0 Å². The molecule has 4 nitrogen and oxygen atoms in total. The fraction of sp³-hybridized carbons (Fsp3) is 0.571. The molecule has 1 aromatic carbocycles. The van der Waals surface area contributed by atoms with Crippen molar-refractivity contribution in [2.75, 3.05) is 6.54 Å². The van der Waals surface area contributed by atoms with Crippen LogP contribution in [0.3, 0.4) is 0 Å². The molecule has 1 saturated heterocycles. The minimum Gasteiger partial charge on any atom is -0.311 e. The van der Waals surface area contributed by atoms with Crippen molar-refractivity contribution in [2.24, 2.45) is 0 Å². The molecule has 1 aliphatic carbocycles. The highest BCUT2D eigenvalue weighted by Crippen LogP contribution is 2.38. The zero-order valence-corrected chi connectivity index (χ0v) is 12.3. The van der Waals surface area contributed by atoms with Crippen molar-refractivity contribution in [1.82, 2.24) is 10.0 Å². The van der Waals surface area contributed by atoms with E-state index in [0.717, 1.165) is 44.4 Å². The van der Waals surface area contributed by atoms with Crippen LogP contribution >= 0.6 is 0 Å². The highest BCUT2D eigenvalue weighted by Gasteiger charge is 2.41. The summed E-state index contributed by atoms with van der Waals surface area (Å²) in [7, 11) is -3.90. The number of rotatable bonds is 3. The van der Waals surface area contributed by atoms with Gasteiger partial charge < -0.3 is 5.32 Å². The van der Waals surface area contributed by atoms with Gasteiger partial charge in [-0.1, -0.05) is 0 Å². The maximum absolute atomic E-state index is 13.2. The van der Waals surface area contributed by atoms with Crippen LogP contribution in [0.5, 0.6) is 0 Å². The Morgan fingerprint density at radius 3 is 2.43 bits per heavy atom. The van der Waals surface area contributed by atoms with Crippen LogP contribution in [0.15, 0.2) is 23.1 Å². The van der Waals surface area contributed by atoms with Gasteiger partial charge in [0.2, 0.25) is 10.0 Å². The lowest BCUT2D eigenvalue weighted by Crippen LogP contribution is -2.59. The second-order valence-corrected chi connectivity index (χ2v) is 7.69. The van der Waals surface area contributed by atoms with E-state index in [0.29, 0.717) is 12.5 Å². The first-order valence-electron chi connectivity index (χ1n) is 7.12. The van der Waals surface area contributed by atoms with E-state index >= 15 is 0 Å². The summed E-state index contributed by atoms with van der Waals surface area (Å²) in [6.07, 6.45) is 4.67. The number of benzene rings is 1. The van der Waals surface area contributed by atoms with E-state index in [9.17, 15) is 17.2 Å². The zero-order chi connectivity index (χ0) is 15.1. The Morgan fingerprint density at radius 2 is 1.86 bits per heavy atom. The lowest BCUT2D eigenvalue weighted by Gasteiger charge is -2.48. The van der Waals surface area contributed by atoms with Crippen molar-refractivity contribution in [3.63, 3.8) is 0 Å². The number of halogens is 2. The molecule has 0 radical (unpaired) electrons. The summed E-state index contributed by atoms with van der Waals surface area (Å²) >= 11 is 0. The van der Waals surface area contributed by atoms with E-state index in [1.54, 1.807) is 0 Å². The van der Waals surface area contributed by atoms with Crippen molar-refractivity contribution >= 4 is 10.0 Å². The lowest BCUT2D eigenvalue weighted by atomic mass is 9.70. The van der Waals surface area contributed by atoms with Crippen molar-refractivity contribution in [2.45, 2.75) is 48.6 Å². The molecule has 1 atom stereocenters. The van der Waals surface area contributed by atoms with Gasteiger partial charge in [0, 0.05) is 17.6 Å². The average Bonchev–Trinajstić information content (AvgIpc) is 2.35. The van der Waals surface area contributed by atoms with E-state index in [-0.39, 0.29) is 16.5 Å². The van der Waals surface area contributed by atoms with E-state index in [4.69, 9.17) is 0 Å². The number of nitrogens with one attached hydrogen (secondary N) is 2. The van der Waals surface area contributed by atoms with Crippen LogP contribution in [0, 0.1) is 11.6 Å². The quantitative estimate of drug-likeness (QED) is 0.896. The standard InChI is InChI=1S/C14H18F2N2O2S/c15-10-6-11(16)8-13(7-10)21(19,20)18-12-2-5-17-14(9-12)3-1-4-14/h6-8,12,17-18H,1-5,9H2. The highest BCUT2D eigenvalue weighted by molar-refractivity contribution is 7.89. The first-order valence-corrected chi connectivity index (χ1v) is 8.60. The van der Waals surface area contributed by atoms with Gasteiger partial charge >= 0.3 is 0 Å². The van der Waals surface area contributed by atoms with Crippen LogP contribution in [0.4, 0.5) is 8.78 Å². The first-order chi connectivity index (χ1) is 9.89. The van der Waals surface area contributed by atoms with Crippen LogP contribution in [-0.2, 0) is 10.0 Å². The fourth-order valence-corrected chi connectivity index (χ4v) is 4.53. The van der Waals surface area contributed by atoms with Gasteiger partial charge in [0.15, 0.2) is 0 Å². The number of sulfonamides is 1. The van der Waals surface area contributed by atoms with Crippen molar-refractivity contribution in [3.05, 3.63) is 29.8 Å². The molecule has 0 aromatic heterocycles. The van der Waals surface area contributed by atoms with Crippen LogP contribution < -0.4 is 10.0 Å². The van der Waals surface area contributed by atoms with Gasteiger partial charge in [-0.25, -0.2) is 21.9 Å². The molecule has 1 saturated carbocycles. The SMILES string of the molecule is O=S(=O)(NC1CCNC2(CCC2)C1)c1cc(F)cc(F)c1. The molecule has 2 N–H and O–H groups in total. The molecule has 2 aliphatic rings. The minimum atomic E-state index is -3.90. The smallest absolute Gasteiger partial charge is 0.241 e. The molecule has 1 heterocycles. The van der Waals surface area contributed by atoms with Crippen LogP contribution in [-0.4, -0.2) is 26.5 Å². The maximum atomic E-state index is 13.2. The molecule has 1 aliphatic heterocycles. The van der Waals surface area contributed by atoms with Crippen molar-refractivity contribution in [1.29, 1.82) is 0 Å². The number of hydrogen-bond acceptors (Lipinski definition) is 3. The molecular weight excluding hydrogens is 298 g/mol. The minimum absolute atomic E-state index is 0.0542. The summed E-state index contributed by atoms with van der Waals surface area (Å²) in [5.74, 6) is -1.78. The Morgan fingerprint density at radius 1 is 1.19 bits per heavy atom. The van der Waals surface area contributed by atoms with Gasteiger partial charge in [0.1, 0.15) is 11.6 Å². The van der Waals surface area contributed by atoms with Gasteiger partial charge in [0.25, 0.3) is 0 Å². The molecule has 1 unspecified atom stereocenters. The Kier molecular flexibility index (Phi) is 3.75. The second-order valence-electron chi connectivity index (χ2n) is 5.98. The fourth-order valence-electron chi connectivity index (χ4n) is 3.21. The summed E-state index contributed by atoms with van der Waals surface area (Å²) < 4.78 is 53.5. The molecular formula is C14H18F2N2O2S. The first kappa shape index (κ1) is 14.9. The van der Waals surface area contributed by atoms with Gasteiger partial charge in [0.05, 0.1) is 4.90 Å². The predicted octanol–water partition coefficient (Wildman–Crippen LogP) is 1.92. The Bertz CT molecular complexity index is 624. The predicted molar refractivity (Wildman–Crippen MR) is 74.3 cm³/mol. The van der Waals surface area contributed by atoms with Gasteiger partial charge in [-0.2, -0.15) is 0 Å². The Hall–Kier alpha value is -1.05. The summed E-state index contributed by atoms with van der Waals surface area (Å²) in [5.41, 5.74) is 0.0542. The molecule has 0 bridgehead atoms. The lowest BCUT2D eigenvalue weighted by molar-refractivity contribution is 0.126. The summed E-state index contributed by atoms with van der Waals surface area (Å²) in [5, 5.41) is 3.45. The third kappa shape index (κ3) is 3.09. The third-order valence-electron chi connectivity index (χ3n) is 4.41. The molecule has 0 amide bonds. The average molecular weight is 316 g/mol. The topological polar surface area (TPSA) is 58.2 Å². The van der Waals surface area contributed by atoms with Gasteiger partial charge in [-0.05, 0) is 50.8 Å². The van der Waals surface area contributed by atoms with Crippen LogP contribution in [0.1, 0.15) is 32.1 Å². The van der Waals surface area contributed by atoms with Crippen molar-refractivity contribution < 1.29 is 17.2 Å². The third-order valence-corrected chi connectivity index (χ3v) is 5.91. The summed E-state index contributed by atoms with van der Waals surface area (Å²) in [6, 6.07) is 2.15. The maximum Gasteiger partial charge on any atom is 0.241 e. The van der Waals surface area contributed by atoms with Crippen LogP contribution in [0.2, 0.25) is 0 Å².